The van der Waals surface area contributed by atoms with E-state index in [1.165, 1.54) is 32.4 Å². The summed E-state index contributed by atoms with van der Waals surface area (Å²) in [6.07, 6.45) is 0. The van der Waals surface area contributed by atoms with E-state index in [1.807, 2.05) is 0 Å². The summed E-state index contributed by atoms with van der Waals surface area (Å²) in [5.41, 5.74) is 0.158. The number of carbonyl (C=O) groups excluding carboxylic acids is 2. The summed E-state index contributed by atoms with van der Waals surface area (Å²) in [6.45, 7) is -0.604. The normalized spacial score (nSPS) is 10.1. The Morgan fingerprint density at radius 1 is 1.00 bits per heavy atom. The lowest BCUT2D eigenvalue weighted by atomic mass is 10.2. The first-order valence-corrected chi connectivity index (χ1v) is 7.08. The van der Waals surface area contributed by atoms with E-state index in [0.717, 1.165) is 12.1 Å². The number of nitrogens with one attached hydrogen (secondary N) is 1. The predicted molar refractivity (Wildman–Crippen MR) is 84.8 cm³/mol. The Hall–Kier alpha value is -3.16. The molecule has 0 spiro atoms. The third-order valence-corrected chi connectivity index (χ3v) is 3.17. The monoisotopic (exact) mass is 351 g/mol. The van der Waals surface area contributed by atoms with Crippen LogP contribution >= 0.6 is 0 Å². The van der Waals surface area contributed by atoms with E-state index in [1.54, 1.807) is 6.07 Å². The van der Waals surface area contributed by atoms with Crippen LogP contribution in [0, 0.1) is 11.6 Å². The SMILES string of the molecule is COc1ccc(C(=O)OCC(=O)Nc2ccc(F)c(F)c2)c(OC)c1. The molecule has 0 aliphatic rings. The smallest absolute Gasteiger partial charge is 0.342 e. The summed E-state index contributed by atoms with van der Waals surface area (Å²) in [6, 6.07) is 7.36. The first kappa shape index (κ1) is 18.2. The maximum absolute atomic E-state index is 13.1. The third-order valence-electron chi connectivity index (χ3n) is 3.17. The maximum atomic E-state index is 13.1. The van der Waals surface area contributed by atoms with Crippen LogP contribution in [0.2, 0.25) is 0 Å². The molecule has 0 aromatic heterocycles. The second-order valence-electron chi connectivity index (χ2n) is 4.82. The fourth-order valence-electron chi connectivity index (χ4n) is 1.95. The lowest BCUT2D eigenvalue weighted by Gasteiger charge is -2.10. The molecule has 132 valence electrons. The minimum Gasteiger partial charge on any atom is -0.497 e. The van der Waals surface area contributed by atoms with Gasteiger partial charge in [-0.1, -0.05) is 0 Å². The molecule has 0 aliphatic heterocycles. The van der Waals surface area contributed by atoms with Gasteiger partial charge in [-0.05, 0) is 24.3 Å². The van der Waals surface area contributed by atoms with Crippen molar-refractivity contribution in [1.29, 1.82) is 0 Å². The average molecular weight is 351 g/mol. The summed E-state index contributed by atoms with van der Waals surface area (Å²) in [5.74, 6) is -2.89. The minimum atomic E-state index is -1.10. The van der Waals surface area contributed by atoms with Crippen LogP contribution in [0.4, 0.5) is 14.5 Å². The van der Waals surface area contributed by atoms with Gasteiger partial charge in [0.05, 0.1) is 14.2 Å². The number of esters is 1. The van der Waals surface area contributed by atoms with Gasteiger partial charge in [0.25, 0.3) is 5.91 Å². The van der Waals surface area contributed by atoms with Crippen LogP contribution < -0.4 is 14.8 Å². The molecule has 0 fully saturated rings. The zero-order valence-corrected chi connectivity index (χ0v) is 13.5. The van der Waals surface area contributed by atoms with E-state index in [0.29, 0.717) is 5.75 Å². The highest BCUT2D eigenvalue weighted by molar-refractivity contribution is 5.96. The summed E-state index contributed by atoms with van der Waals surface area (Å²) >= 11 is 0. The Balaban J connectivity index is 1.97. The molecule has 1 N–H and O–H groups in total. The van der Waals surface area contributed by atoms with Crippen LogP contribution in [-0.4, -0.2) is 32.7 Å². The average Bonchev–Trinajstić information content (AvgIpc) is 2.62. The topological polar surface area (TPSA) is 73.9 Å². The van der Waals surface area contributed by atoms with Gasteiger partial charge in [-0.2, -0.15) is 0 Å². The lowest BCUT2D eigenvalue weighted by molar-refractivity contribution is -0.119. The molecule has 2 aromatic carbocycles. The first-order chi connectivity index (χ1) is 11.9. The number of methoxy groups -OCH3 is 2. The van der Waals surface area contributed by atoms with E-state index in [2.05, 4.69) is 5.32 Å². The van der Waals surface area contributed by atoms with Gasteiger partial charge in [0, 0.05) is 17.8 Å². The number of anilines is 1. The van der Waals surface area contributed by atoms with E-state index in [-0.39, 0.29) is 17.0 Å². The van der Waals surface area contributed by atoms with Gasteiger partial charge in [0.1, 0.15) is 17.1 Å². The van der Waals surface area contributed by atoms with Crippen molar-refractivity contribution in [3.05, 3.63) is 53.6 Å². The number of hydrogen-bond donors (Lipinski definition) is 1. The zero-order valence-electron chi connectivity index (χ0n) is 13.5. The Kier molecular flexibility index (Phi) is 5.89. The molecule has 0 saturated heterocycles. The Morgan fingerprint density at radius 2 is 1.76 bits per heavy atom. The van der Waals surface area contributed by atoms with Crippen molar-refractivity contribution in [3.63, 3.8) is 0 Å². The molecule has 0 aliphatic carbocycles. The second kappa shape index (κ2) is 8.09. The number of ether oxygens (including phenoxy) is 3. The van der Waals surface area contributed by atoms with Crippen LogP contribution in [0.25, 0.3) is 0 Å². The van der Waals surface area contributed by atoms with Crippen molar-refractivity contribution in [2.75, 3.05) is 26.1 Å². The van der Waals surface area contributed by atoms with Crippen molar-refractivity contribution < 1.29 is 32.6 Å². The molecular formula is C17H15F2NO5. The van der Waals surface area contributed by atoms with E-state index < -0.39 is 30.1 Å². The Bertz CT molecular complexity index is 795. The molecule has 0 unspecified atom stereocenters. The fraction of sp³-hybridized carbons (Fsp3) is 0.176. The molecule has 2 aromatic rings. The largest absolute Gasteiger partial charge is 0.497 e. The van der Waals surface area contributed by atoms with Crippen LogP contribution in [0.3, 0.4) is 0 Å². The van der Waals surface area contributed by atoms with Crippen molar-refractivity contribution in [2.24, 2.45) is 0 Å². The quantitative estimate of drug-likeness (QED) is 0.810. The van der Waals surface area contributed by atoms with Crippen LogP contribution in [0.1, 0.15) is 10.4 Å². The second-order valence-corrected chi connectivity index (χ2v) is 4.82. The van der Waals surface area contributed by atoms with Gasteiger partial charge in [-0.15, -0.1) is 0 Å². The molecule has 8 heteroatoms. The van der Waals surface area contributed by atoms with Gasteiger partial charge in [-0.3, -0.25) is 4.79 Å². The molecular weight excluding hydrogens is 336 g/mol. The van der Waals surface area contributed by atoms with E-state index >= 15 is 0 Å². The van der Waals surface area contributed by atoms with E-state index in [9.17, 15) is 18.4 Å². The lowest BCUT2D eigenvalue weighted by Crippen LogP contribution is -2.21. The van der Waals surface area contributed by atoms with Gasteiger partial charge in [0.2, 0.25) is 0 Å². The number of rotatable bonds is 6. The third kappa shape index (κ3) is 4.66. The highest BCUT2D eigenvalue weighted by Gasteiger charge is 2.16. The maximum Gasteiger partial charge on any atom is 0.342 e. The molecule has 0 atom stereocenters. The molecule has 2 rings (SSSR count). The number of amides is 1. The summed E-state index contributed by atoms with van der Waals surface area (Å²) in [7, 11) is 2.84. The van der Waals surface area contributed by atoms with Crippen molar-refractivity contribution in [3.8, 4) is 11.5 Å². The van der Waals surface area contributed by atoms with Crippen molar-refractivity contribution in [1.82, 2.24) is 0 Å². The molecule has 1 amide bonds. The number of hydrogen-bond acceptors (Lipinski definition) is 5. The number of halogens is 2. The van der Waals surface area contributed by atoms with Crippen molar-refractivity contribution in [2.45, 2.75) is 0 Å². The first-order valence-electron chi connectivity index (χ1n) is 7.08. The van der Waals surface area contributed by atoms with Crippen molar-refractivity contribution >= 4 is 17.6 Å². The Morgan fingerprint density at radius 3 is 2.40 bits per heavy atom. The zero-order chi connectivity index (χ0) is 18.4. The predicted octanol–water partition coefficient (Wildman–Crippen LogP) is 2.78. The summed E-state index contributed by atoms with van der Waals surface area (Å²) in [4.78, 5) is 23.8. The standard InChI is InChI=1S/C17H15F2NO5/c1-23-11-4-5-12(15(8-11)24-2)17(22)25-9-16(21)20-10-3-6-13(18)14(19)7-10/h3-8H,9H2,1-2H3,(H,20,21). The molecule has 0 heterocycles. The van der Waals surface area contributed by atoms with E-state index in [4.69, 9.17) is 14.2 Å². The van der Waals surface area contributed by atoms with Crippen LogP contribution in [-0.2, 0) is 9.53 Å². The highest BCUT2D eigenvalue weighted by atomic mass is 19.2. The van der Waals surface area contributed by atoms with Crippen LogP contribution in [0.5, 0.6) is 11.5 Å². The summed E-state index contributed by atoms with van der Waals surface area (Å²) < 4.78 is 40.9. The van der Waals surface area contributed by atoms with Crippen LogP contribution in [0.15, 0.2) is 36.4 Å². The molecule has 0 bridgehead atoms. The van der Waals surface area contributed by atoms with Gasteiger partial charge in [0.15, 0.2) is 18.2 Å². The molecule has 6 nitrogen and oxygen atoms in total. The molecule has 0 saturated carbocycles. The van der Waals surface area contributed by atoms with Gasteiger partial charge < -0.3 is 19.5 Å². The van der Waals surface area contributed by atoms with Gasteiger partial charge >= 0.3 is 5.97 Å². The Labute approximate surface area is 142 Å². The summed E-state index contributed by atoms with van der Waals surface area (Å²) in [5, 5.41) is 2.29. The molecule has 0 radical (unpaired) electrons. The number of benzene rings is 2. The fourth-order valence-corrected chi connectivity index (χ4v) is 1.95. The van der Waals surface area contributed by atoms with Gasteiger partial charge in [-0.25, -0.2) is 13.6 Å². The highest BCUT2D eigenvalue weighted by Crippen LogP contribution is 2.25. The minimum absolute atomic E-state index is 0.0435. The molecule has 25 heavy (non-hydrogen) atoms. The number of carbonyl (C=O) groups is 2.